The molecular formula is C16H19NO4. The zero-order valence-corrected chi connectivity index (χ0v) is 12.2. The minimum atomic E-state index is -1.74. The Bertz CT molecular complexity index is 536. The van der Waals surface area contributed by atoms with Crippen molar-refractivity contribution < 1.29 is 14.5 Å². The van der Waals surface area contributed by atoms with Crippen LogP contribution in [0.3, 0.4) is 0 Å². The van der Waals surface area contributed by atoms with Gasteiger partial charge in [-0.2, -0.15) is 0 Å². The summed E-state index contributed by atoms with van der Waals surface area (Å²) in [6, 6.07) is 9.67. The number of carbonyl (C=O) groups is 1. The van der Waals surface area contributed by atoms with Gasteiger partial charge < -0.3 is 4.74 Å². The molecular weight excluding hydrogens is 270 g/mol. The summed E-state index contributed by atoms with van der Waals surface area (Å²) in [5.41, 5.74) is -0.711. The molecule has 0 fully saturated rings. The Morgan fingerprint density at radius 1 is 1.33 bits per heavy atom. The molecule has 0 aliphatic heterocycles. The number of hydrogen-bond donors (Lipinski definition) is 0. The van der Waals surface area contributed by atoms with Gasteiger partial charge in [-0.05, 0) is 12.5 Å². The highest BCUT2D eigenvalue weighted by molar-refractivity contribution is 5.79. The number of rotatable bonds is 7. The molecule has 0 amide bonds. The molecule has 0 bridgehead atoms. The van der Waals surface area contributed by atoms with Crippen molar-refractivity contribution in [2.75, 3.05) is 6.61 Å². The topological polar surface area (TPSA) is 69.4 Å². The van der Waals surface area contributed by atoms with Gasteiger partial charge in [0.2, 0.25) is 0 Å². The average Bonchev–Trinajstić information content (AvgIpc) is 2.47. The average molecular weight is 289 g/mol. The lowest BCUT2D eigenvalue weighted by Crippen LogP contribution is -2.44. The molecule has 21 heavy (non-hydrogen) atoms. The minimum absolute atomic E-state index is 0.0159. The number of hydrogen-bond acceptors (Lipinski definition) is 4. The molecule has 1 aromatic carbocycles. The molecule has 1 atom stereocenters. The fourth-order valence-electron chi connectivity index (χ4n) is 1.63. The standard InChI is InChI=1S/C16H19NO4/c1-3-21-15(18)16(2,17(19)20)13-9-5-8-12-14-10-6-4-7-11-14/h4-12H,3,13H2,1-2H3/b9-5+,12-8+/t16-/m1/s1. The molecule has 112 valence electrons. The van der Waals surface area contributed by atoms with Crippen molar-refractivity contribution in [2.24, 2.45) is 0 Å². The molecule has 0 saturated heterocycles. The van der Waals surface area contributed by atoms with Crippen LogP contribution in [-0.4, -0.2) is 23.0 Å². The molecule has 0 aromatic heterocycles. The van der Waals surface area contributed by atoms with Crippen molar-refractivity contribution in [1.29, 1.82) is 0 Å². The van der Waals surface area contributed by atoms with Gasteiger partial charge in [0.25, 0.3) is 0 Å². The Hall–Kier alpha value is -2.43. The third-order valence-corrected chi connectivity index (χ3v) is 2.97. The van der Waals surface area contributed by atoms with Crippen molar-refractivity contribution in [3.05, 3.63) is 64.2 Å². The minimum Gasteiger partial charge on any atom is -0.461 e. The Morgan fingerprint density at radius 2 is 2.00 bits per heavy atom. The van der Waals surface area contributed by atoms with E-state index in [9.17, 15) is 14.9 Å². The molecule has 1 rings (SSSR count). The van der Waals surface area contributed by atoms with Crippen LogP contribution in [0.4, 0.5) is 0 Å². The summed E-state index contributed by atoms with van der Waals surface area (Å²) in [5.74, 6) is -0.813. The second kappa shape index (κ2) is 7.99. The molecule has 0 N–H and O–H groups in total. The molecule has 0 spiro atoms. The van der Waals surface area contributed by atoms with E-state index in [0.29, 0.717) is 0 Å². The Kier molecular flexibility index (Phi) is 6.33. The van der Waals surface area contributed by atoms with Gasteiger partial charge in [0.1, 0.15) is 0 Å². The van der Waals surface area contributed by atoms with Gasteiger partial charge in [-0.15, -0.1) is 0 Å². The summed E-state index contributed by atoms with van der Waals surface area (Å²) in [5, 5.41) is 11.1. The monoisotopic (exact) mass is 289 g/mol. The van der Waals surface area contributed by atoms with Gasteiger partial charge in [0, 0.05) is 18.3 Å². The predicted molar refractivity (Wildman–Crippen MR) is 81.3 cm³/mol. The molecule has 1 aromatic rings. The predicted octanol–water partition coefficient (Wildman–Crippen LogP) is 3.24. The number of benzene rings is 1. The van der Waals surface area contributed by atoms with E-state index in [1.807, 2.05) is 36.4 Å². The van der Waals surface area contributed by atoms with Gasteiger partial charge in [0.05, 0.1) is 6.61 Å². The lowest BCUT2D eigenvalue weighted by atomic mass is 9.99. The van der Waals surface area contributed by atoms with E-state index in [4.69, 9.17) is 4.74 Å². The summed E-state index contributed by atoms with van der Waals surface area (Å²) in [4.78, 5) is 22.2. The normalized spacial score (nSPS) is 14.2. The maximum absolute atomic E-state index is 11.7. The third kappa shape index (κ3) is 4.87. The maximum atomic E-state index is 11.7. The molecule has 0 aliphatic carbocycles. The van der Waals surface area contributed by atoms with Crippen molar-refractivity contribution in [3.8, 4) is 0 Å². The highest BCUT2D eigenvalue weighted by Gasteiger charge is 2.46. The second-order valence-electron chi connectivity index (χ2n) is 4.65. The van der Waals surface area contributed by atoms with E-state index < -0.39 is 16.4 Å². The van der Waals surface area contributed by atoms with E-state index >= 15 is 0 Å². The molecule has 0 unspecified atom stereocenters. The number of esters is 1. The lowest BCUT2D eigenvalue weighted by molar-refractivity contribution is -0.550. The first-order chi connectivity index (χ1) is 10.0. The Balaban J connectivity index is 2.65. The SMILES string of the molecule is CCOC(=O)[C@@](C)(C/C=C/C=C/c1ccccc1)[N+](=O)[O-]. The quantitative estimate of drug-likeness (QED) is 0.334. The summed E-state index contributed by atoms with van der Waals surface area (Å²) >= 11 is 0. The van der Waals surface area contributed by atoms with E-state index in [1.165, 1.54) is 6.92 Å². The van der Waals surface area contributed by atoms with Crippen LogP contribution in [0, 0.1) is 10.1 Å². The van der Waals surface area contributed by atoms with E-state index in [2.05, 4.69) is 0 Å². The second-order valence-corrected chi connectivity index (χ2v) is 4.65. The van der Waals surface area contributed by atoms with Gasteiger partial charge in [0.15, 0.2) is 0 Å². The molecule has 5 nitrogen and oxygen atoms in total. The summed E-state index contributed by atoms with van der Waals surface area (Å²) in [6.07, 6.45) is 6.93. The summed E-state index contributed by atoms with van der Waals surface area (Å²) in [7, 11) is 0. The number of ether oxygens (including phenoxy) is 1. The van der Waals surface area contributed by atoms with Crippen LogP contribution < -0.4 is 0 Å². The van der Waals surface area contributed by atoms with E-state index in [-0.39, 0.29) is 13.0 Å². The van der Waals surface area contributed by atoms with Crippen molar-refractivity contribution in [2.45, 2.75) is 25.8 Å². The van der Waals surface area contributed by atoms with Gasteiger partial charge in [-0.3, -0.25) is 10.1 Å². The first-order valence-corrected chi connectivity index (χ1v) is 6.70. The summed E-state index contributed by atoms with van der Waals surface area (Å²) < 4.78 is 4.76. The van der Waals surface area contributed by atoms with Gasteiger partial charge in [-0.1, -0.05) is 54.6 Å². The van der Waals surface area contributed by atoms with Crippen LogP contribution in [0.15, 0.2) is 48.6 Å². The van der Waals surface area contributed by atoms with Crippen molar-refractivity contribution in [3.63, 3.8) is 0 Å². The third-order valence-electron chi connectivity index (χ3n) is 2.97. The first kappa shape index (κ1) is 16.6. The van der Waals surface area contributed by atoms with Crippen LogP contribution in [0.5, 0.6) is 0 Å². The molecule has 0 aliphatic rings. The Morgan fingerprint density at radius 3 is 2.57 bits per heavy atom. The smallest absolute Gasteiger partial charge is 0.384 e. The van der Waals surface area contributed by atoms with Crippen LogP contribution in [-0.2, 0) is 9.53 Å². The van der Waals surface area contributed by atoms with E-state index in [1.54, 1.807) is 25.2 Å². The lowest BCUT2D eigenvalue weighted by Gasteiger charge is -2.16. The summed E-state index contributed by atoms with van der Waals surface area (Å²) in [6.45, 7) is 3.02. The highest BCUT2D eigenvalue weighted by atomic mass is 16.6. The van der Waals surface area contributed by atoms with Gasteiger partial charge >= 0.3 is 11.5 Å². The molecule has 0 saturated carbocycles. The van der Waals surface area contributed by atoms with Crippen LogP contribution in [0.25, 0.3) is 6.08 Å². The Labute approximate surface area is 124 Å². The molecule has 5 heteroatoms. The largest absolute Gasteiger partial charge is 0.461 e. The van der Waals surface area contributed by atoms with Crippen molar-refractivity contribution in [1.82, 2.24) is 0 Å². The maximum Gasteiger partial charge on any atom is 0.384 e. The number of carbonyl (C=O) groups excluding carboxylic acids is 1. The highest BCUT2D eigenvalue weighted by Crippen LogP contribution is 2.17. The van der Waals surface area contributed by atoms with Crippen LogP contribution >= 0.6 is 0 Å². The fourth-order valence-corrected chi connectivity index (χ4v) is 1.63. The zero-order chi connectivity index (χ0) is 15.7. The van der Waals surface area contributed by atoms with Gasteiger partial charge in [-0.25, -0.2) is 4.79 Å². The van der Waals surface area contributed by atoms with Crippen LogP contribution in [0.1, 0.15) is 25.8 Å². The molecule has 0 heterocycles. The van der Waals surface area contributed by atoms with E-state index in [0.717, 1.165) is 5.56 Å². The molecule has 0 radical (unpaired) electrons. The number of nitrogens with zero attached hydrogens (tertiary/aromatic N) is 1. The first-order valence-electron chi connectivity index (χ1n) is 6.70. The number of allylic oxidation sites excluding steroid dienone is 2. The van der Waals surface area contributed by atoms with Crippen LogP contribution in [0.2, 0.25) is 0 Å². The van der Waals surface area contributed by atoms with Crippen molar-refractivity contribution >= 4 is 12.0 Å². The zero-order valence-electron chi connectivity index (χ0n) is 12.2. The number of nitro groups is 1. The fraction of sp³-hybridized carbons (Fsp3) is 0.312.